The summed E-state index contributed by atoms with van der Waals surface area (Å²) in [6, 6.07) is 94.6. The molecule has 0 heterocycles. The third-order valence-corrected chi connectivity index (χ3v) is 18.7. The third kappa shape index (κ3) is 8.25. The summed E-state index contributed by atoms with van der Waals surface area (Å²) < 4.78 is 0. The van der Waals surface area contributed by atoms with E-state index in [1.807, 2.05) is 0 Å². The van der Waals surface area contributed by atoms with E-state index < -0.39 is 0 Å². The fraction of sp³-hybridized carbons (Fsp3) is 0.0843. The van der Waals surface area contributed by atoms with E-state index in [0.717, 1.165) is 58.5 Å². The maximum Gasteiger partial charge on any atom is 0.0939 e. The molecule has 0 N–H and O–H groups in total. The van der Waals surface area contributed by atoms with Crippen molar-refractivity contribution in [3.8, 4) is 22.3 Å². The van der Waals surface area contributed by atoms with E-state index in [1.165, 1.54) is 114 Å². The lowest BCUT2D eigenvalue weighted by molar-refractivity contribution is 0.455. The molecule has 3 atom stereocenters. The molecule has 0 spiro atoms. The fourth-order valence-electron chi connectivity index (χ4n) is 14.7. The predicted molar refractivity (Wildman–Crippen MR) is 363 cm³/mol. The SMILES string of the molecule is Cc1ccc2ccc(N(c3ccc4ccccc4c3)c3ccc4c(-c5cc6ccccc6c6ccccc56)c5cc(N(c6c#cc7ccccc7c6)C6C=CC7C=CC=CC7C6)ccc5c(-c5cc6c(c7ccccc57)C=CCC6)c4c3)cc2c1. The van der Waals surface area contributed by atoms with Crippen LogP contribution in [0.1, 0.15) is 29.5 Å². The molecule has 14 aromatic carbocycles. The van der Waals surface area contributed by atoms with Crippen molar-refractivity contribution in [3.05, 3.63) is 302 Å². The Hall–Kier alpha value is -10.5. The van der Waals surface area contributed by atoms with Crippen molar-refractivity contribution in [1.82, 2.24) is 0 Å². The Morgan fingerprint density at radius 1 is 0.400 bits per heavy atom. The first-order chi connectivity index (χ1) is 42.0. The van der Waals surface area contributed by atoms with Gasteiger partial charge in [-0.15, -0.1) is 0 Å². The molecule has 3 unspecified atom stereocenters. The van der Waals surface area contributed by atoms with Crippen molar-refractivity contribution >= 4 is 121 Å². The molecule has 14 aromatic rings. The van der Waals surface area contributed by atoms with Crippen LogP contribution in [-0.2, 0) is 6.42 Å². The highest BCUT2D eigenvalue weighted by Crippen LogP contribution is 2.52. The number of hydrogen-bond acceptors (Lipinski definition) is 2. The minimum Gasteiger partial charge on any atom is -0.328 e. The van der Waals surface area contributed by atoms with Crippen LogP contribution in [0.15, 0.2) is 273 Å². The molecule has 0 radical (unpaired) electrons. The lowest BCUT2D eigenvalue weighted by atomic mass is 9.78. The monoisotopic (exact) mass is 1080 g/mol. The Balaban J connectivity index is 1.01. The minimum atomic E-state index is 0.0610. The lowest BCUT2D eigenvalue weighted by Gasteiger charge is -2.38. The van der Waals surface area contributed by atoms with Crippen LogP contribution in [-0.4, -0.2) is 6.04 Å². The van der Waals surface area contributed by atoms with Crippen molar-refractivity contribution < 1.29 is 0 Å². The van der Waals surface area contributed by atoms with Crippen LogP contribution >= 0.6 is 0 Å². The van der Waals surface area contributed by atoms with Gasteiger partial charge in [-0.25, -0.2) is 0 Å². The molecule has 3 aliphatic rings. The second-order valence-electron chi connectivity index (χ2n) is 23.7. The van der Waals surface area contributed by atoms with Crippen LogP contribution in [0.5, 0.6) is 0 Å². The second kappa shape index (κ2) is 19.9. The Bertz CT molecular complexity index is 5230. The number of hydrogen-bond donors (Lipinski definition) is 0. The smallest absolute Gasteiger partial charge is 0.0939 e. The number of rotatable bonds is 8. The summed E-state index contributed by atoms with van der Waals surface area (Å²) in [5.74, 6) is 0.764. The van der Waals surface area contributed by atoms with E-state index in [2.05, 4.69) is 308 Å². The van der Waals surface area contributed by atoms with E-state index >= 15 is 0 Å². The number of allylic oxidation sites excluding steroid dienone is 6. The summed E-state index contributed by atoms with van der Waals surface area (Å²) in [5.41, 5.74) is 14.3. The molecular weight excluding hydrogens is 1020 g/mol. The number of aryl methyl sites for hydroxylation is 2. The molecule has 85 heavy (non-hydrogen) atoms. The molecule has 400 valence electrons. The van der Waals surface area contributed by atoms with Gasteiger partial charge in [0.1, 0.15) is 0 Å². The topological polar surface area (TPSA) is 6.48 Å². The summed E-state index contributed by atoms with van der Waals surface area (Å²) in [7, 11) is 0. The first-order valence-corrected chi connectivity index (χ1v) is 30.1. The molecular formula is C83H58N2. The largest absolute Gasteiger partial charge is 0.328 e. The van der Waals surface area contributed by atoms with Gasteiger partial charge in [0, 0.05) is 34.1 Å². The highest BCUT2D eigenvalue weighted by molar-refractivity contribution is 6.28. The summed E-state index contributed by atoms with van der Waals surface area (Å²) in [5, 5.41) is 19.4. The normalized spacial score (nSPS) is 16.2. The summed E-state index contributed by atoms with van der Waals surface area (Å²) in [4.78, 5) is 5.05. The Kier molecular flexibility index (Phi) is 11.5. The highest BCUT2D eigenvalue weighted by Gasteiger charge is 2.31. The standard InChI is InChI=1S/C83H58N2/c1-53-30-31-57-35-39-67(48-63(57)44-53)85(66-38-34-56-18-4-7-21-60(56)47-66)69-41-43-77-81(52-69)83(79-50-62-23-9-11-25-71(62)73-27-13-15-29-75(73)79)76-42-40-68(51-80(76)82(77)78-49-61-22-8-10-24-70(61)72-26-12-14-28-74(72)78)84(64-36-32-54-16-2-5-19-58(54)45-64)65-37-33-55-17-3-6-20-59(55)46-65/h2-8,10-22,24-32,34-36,38-44,46-52,54,58,64H,9,23,45H2,1H3. The quantitative estimate of drug-likeness (QED) is 0.0850. The molecule has 0 fully saturated rings. The number of nitrogens with zero attached hydrogens (tertiary/aromatic N) is 2. The van der Waals surface area contributed by atoms with Gasteiger partial charge in [0.2, 0.25) is 0 Å². The van der Waals surface area contributed by atoms with Crippen LogP contribution in [0, 0.1) is 30.9 Å². The molecule has 3 aliphatic carbocycles. The third-order valence-electron chi connectivity index (χ3n) is 18.7. The van der Waals surface area contributed by atoms with E-state index in [-0.39, 0.29) is 6.04 Å². The maximum atomic E-state index is 3.72. The highest BCUT2D eigenvalue weighted by atomic mass is 15.2. The van der Waals surface area contributed by atoms with E-state index in [1.54, 1.807) is 0 Å². The molecule has 0 bridgehead atoms. The molecule has 0 aliphatic heterocycles. The Morgan fingerprint density at radius 3 is 1.81 bits per heavy atom. The minimum absolute atomic E-state index is 0.0610. The van der Waals surface area contributed by atoms with Gasteiger partial charge in [0.15, 0.2) is 0 Å². The predicted octanol–water partition coefficient (Wildman–Crippen LogP) is 22.4. The first-order valence-electron chi connectivity index (χ1n) is 30.1. The molecule has 0 saturated heterocycles. The maximum absolute atomic E-state index is 3.72. The van der Waals surface area contributed by atoms with Gasteiger partial charge in [-0.2, -0.15) is 0 Å². The zero-order valence-corrected chi connectivity index (χ0v) is 47.3. The zero-order chi connectivity index (χ0) is 56.1. The number of fused-ring (bicyclic) bond motifs is 12. The summed E-state index contributed by atoms with van der Waals surface area (Å²) in [6.45, 7) is 2.19. The van der Waals surface area contributed by atoms with Crippen LogP contribution in [0.3, 0.4) is 0 Å². The average molecular weight is 1080 g/mol. The van der Waals surface area contributed by atoms with Crippen molar-refractivity contribution in [1.29, 1.82) is 0 Å². The van der Waals surface area contributed by atoms with Crippen LogP contribution in [0.2, 0.25) is 0 Å². The van der Waals surface area contributed by atoms with Gasteiger partial charge in [-0.1, -0.05) is 218 Å². The molecule has 0 amide bonds. The first kappa shape index (κ1) is 49.2. The second-order valence-corrected chi connectivity index (χ2v) is 23.7. The average Bonchev–Trinajstić information content (AvgIpc) is 2.14. The molecule has 0 saturated carbocycles. The lowest BCUT2D eigenvalue weighted by Crippen LogP contribution is -2.35. The molecule has 0 aromatic heterocycles. The van der Waals surface area contributed by atoms with Crippen molar-refractivity contribution in [2.24, 2.45) is 11.8 Å². The van der Waals surface area contributed by atoms with Crippen LogP contribution in [0.25, 0.3) is 115 Å². The van der Waals surface area contributed by atoms with Gasteiger partial charge in [-0.05, 0) is 225 Å². The van der Waals surface area contributed by atoms with E-state index in [0.29, 0.717) is 11.8 Å². The zero-order valence-electron chi connectivity index (χ0n) is 47.3. The fourth-order valence-corrected chi connectivity index (χ4v) is 14.7. The molecule has 2 heteroatoms. The Morgan fingerprint density at radius 2 is 1.00 bits per heavy atom. The van der Waals surface area contributed by atoms with Crippen LogP contribution < -0.4 is 9.80 Å². The van der Waals surface area contributed by atoms with Gasteiger partial charge >= 0.3 is 0 Å². The molecule has 2 nitrogen and oxygen atoms in total. The van der Waals surface area contributed by atoms with Gasteiger partial charge in [0.25, 0.3) is 0 Å². The van der Waals surface area contributed by atoms with Gasteiger partial charge in [-0.3, -0.25) is 0 Å². The van der Waals surface area contributed by atoms with E-state index in [9.17, 15) is 0 Å². The van der Waals surface area contributed by atoms with Crippen molar-refractivity contribution in [2.75, 3.05) is 9.80 Å². The number of anilines is 5. The summed E-state index contributed by atoms with van der Waals surface area (Å²) >= 11 is 0. The van der Waals surface area contributed by atoms with E-state index in [4.69, 9.17) is 0 Å². The van der Waals surface area contributed by atoms with Crippen LogP contribution in [0.4, 0.5) is 28.4 Å². The number of benzene rings is 13. The molecule has 17 rings (SSSR count). The summed E-state index contributed by atoms with van der Waals surface area (Å²) in [6.07, 6.45) is 21.8. The van der Waals surface area contributed by atoms with Gasteiger partial charge < -0.3 is 9.80 Å². The van der Waals surface area contributed by atoms with Crippen molar-refractivity contribution in [2.45, 2.75) is 32.2 Å². The van der Waals surface area contributed by atoms with Crippen molar-refractivity contribution in [3.63, 3.8) is 0 Å². The van der Waals surface area contributed by atoms with Gasteiger partial charge in [0.05, 0.1) is 11.7 Å². The Labute approximate surface area is 495 Å².